The maximum absolute atomic E-state index is 11.8. The van der Waals surface area contributed by atoms with Gasteiger partial charge >= 0.3 is 11.9 Å². The Morgan fingerprint density at radius 3 is 2.41 bits per heavy atom. The van der Waals surface area contributed by atoms with Gasteiger partial charge in [0, 0.05) is 19.5 Å². The van der Waals surface area contributed by atoms with Gasteiger partial charge in [-0.15, -0.1) is 0 Å². The largest absolute Gasteiger partial charge is 0.464 e. The van der Waals surface area contributed by atoms with E-state index in [1.54, 1.807) is 13.8 Å². The van der Waals surface area contributed by atoms with E-state index in [-0.39, 0.29) is 25.5 Å². The molecule has 7 nitrogen and oxygen atoms in total. The maximum atomic E-state index is 11.8. The summed E-state index contributed by atoms with van der Waals surface area (Å²) < 4.78 is 9.49. The standard InChI is InChI=1S/C15H19NO6/c1-4-21-14(19)12-8-11(9-16(12)10(3)17)6-7-13(18)15(20)22-5-2/h6-7,9,12H,4-5,8H2,1-3H3/b7-6+/t12-/m0/s1. The van der Waals surface area contributed by atoms with Gasteiger partial charge in [-0.3, -0.25) is 9.59 Å². The molecule has 1 heterocycles. The van der Waals surface area contributed by atoms with Gasteiger partial charge in [-0.1, -0.05) is 6.08 Å². The number of ketones is 1. The zero-order valence-electron chi connectivity index (χ0n) is 12.8. The van der Waals surface area contributed by atoms with Crippen molar-refractivity contribution in [1.82, 2.24) is 4.90 Å². The molecule has 1 rings (SSSR count). The lowest BCUT2D eigenvalue weighted by molar-refractivity contribution is -0.151. The number of rotatable bonds is 6. The van der Waals surface area contributed by atoms with Gasteiger partial charge in [-0.2, -0.15) is 0 Å². The van der Waals surface area contributed by atoms with Crippen molar-refractivity contribution in [1.29, 1.82) is 0 Å². The molecule has 0 aliphatic carbocycles. The van der Waals surface area contributed by atoms with E-state index in [9.17, 15) is 19.2 Å². The van der Waals surface area contributed by atoms with Crippen LogP contribution >= 0.6 is 0 Å². The highest BCUT2D eigenvalue weighted by atomic mass is 16.5. The van der Waals surface area contributed by atoms with Crippen molar-refractivity contribution in [3.63, 3.8) is 0 Å². The van der Waals surface area contributed by atoms with Gasteiger partial charge in [0.15, 0.2) is 0 Å². The Hall–Kier alpha value is -2.44. The molecule has 1 aliphatic heterocycles. The number of amides is 1. The second-order valence-corrected chi connectivity index (χ2v) is 4.52. The van der Waals surface area contributed by atoms with Crippen molar-refractivity contribution < 1.29 is 28.7 Å². The Balaban J connectivity index is 2.78. The molecule has 0 radical (unpaired) electrons. The fraction of sp³-hybridized carbons (Fsp3) is 0.467. The number of esters is 2. The van der Waals surface area contributed by atoms with Crippen molar-refractivity contribution in [3.05, 3.63) is 23.9 Å². The molecule has 120 valence electrons. The molecule has 0 N–H and O–H groups in total. The summed E-state index contributed by atoms with van der Waals surface area (Å²) in [6.45, 7) is 4.94. The summed E-state index contributed by atoms with van der Waals surface area (Å²) in [5.74, 6) is -2.55. The first kappa shape index (κ1) is 17.6. The average Bonchev–Trinajstić information content (AvgIpc) is 2.89. The van der Waals surface area contributed by atoms with E-state index in [2.05, 4.69) is 4.74 Å². The number of carbonyl (C=O) groups excluding carboxylic acids is 4. The predicted octanol–water partition coefficient (Wildman–Crippen LogP) is 0.743. The number of allylic oxidation sites excluding steroid dienone is 1. The van der Waals surface area contributed by atoms with Crippen LogP contribution in [0.15, 0.2) is 23.9 Å². The zero-order chi connectivity index (χ0) is 16.7. The molecule has 1 atom stereocenters. The molecule has 0 fully saturated rings. The summed E-state index contributed by atoms with van der Waals surface area (Å²) in [4.78, 5) is 47.3. The highest BCUT2D eigenvalue weighted by Gasteiger charge is 2.33. The Labute approximate surface area is 128 Å². The summed E-state index contributed by atoms with van der Waals surface area (Å²) in [5.41, 5.74) is 0.575. The normalized spacial score (nSPS) is 17.3. The minimum absolute atomic E-state index is 0.115. The van der Waals surface area contributed by atoms with Crippen molar-refractivity contribution in [3.8, 4) is 0 Å². The first-order valence-electron chi connectivity index (χ1n) is 6.96. The second-order valence-electron chi connectivity index (χ2n) is 4.52. The SMILES string of the molecule is CCOC(=O)C(=O)/C=C/C1=CN(C(C)=O)[C@H](C(=O)OCC)C1. The van der Waals surface area contributed by atoms with Gasteiger partial charge in [0.2, 0.25) is 5.91 Å². The van der Waals surface area contributed by atoms with E-state index in [4.69, 9.17) is 4.74 Å². The number of nitrogens with zero attached hydrogens (tertiary/aromatic N) is 1. The Morgan fingerprint density at radius 1 is 1.23 bits per heavy atom. The van der Waals surface area contributed by atoms with E-state index in [0.717, 1.165) is 6.08 Å². The topological polar surface area (TPSA) is 90.0 Å². The van der Waals surface area contributed by atoms with Crippen molar-refractivity contribution >= 4 is 23.6 Å². The van der Waals surface area contributed by atoms with Crippen LogP contribution in [0.3, 0.4) is 0 Å². The van der Waals surface area contributed by atoms with Crippen LogP contribution in [0.5, 0.6) is 0 Å². The summed E-state index contributed by atoms with van der Waals surface area (Å²) in [5, 5.41) is 0. The molecule has 0 aromatic carbocycles. The first-order chi connectivity index (χ1) is 10.4. The molecule has 22 heavy (non-hydrogen) atoms. The third-order valence-corrected chi connectivity index (χ3v) is 2.92. The van der Waals surface area contributed by atoms with E-state index in [0.29, 0.717) is 5.57 Å². The van der Waals surface area contributed by atoms with Gasteiger partial charge in [0.05, 0.1) is 13.2 Å². The molecule has 7 heteroatoms. The van der Waals surface area contributed by atoms with Gasteiger partial charge in [-0.25, -0.2) is 9.59 Å². The molecule has 0 saturated heterocycles. The molecule has 0 bridgehead atoms. The lowest BCUT2D eigenvalue weighted by Crippen LogP contribution is -2.38. The third kappa shape index (κ3) is 4.54. The molecule has 0 unspecified atom stereocenters. The molecule has 1 aliphatic rings. The van der Waals surface area contributed by atoms with Crippen molar-refractivity contribution in [2.24, 2.45) is 0 Å². The number of hydrogen-bond acceptors (Lipinski definition) is 6. The summed E-state index contributed by atoms with van der Waals surface area (Å²) in [6.07, 6.45) is 4.16. The van der Waals surface area contributed by atoms with Crippen LogP contribution in [0.4, 0.5) is 0 Å². The highest BCUT2D eigenvalue weighted by molar-refractivity contribution is 6.38. The summed E-state index contributed by atoms with van der Waals surface area (Å²) in [7, 11) is 0. The fourth-order valence-electron chi connectivity index (χ4n) is 1.95. The van der Waals surface area contributed by atoms with Crippen LogP contribution in [-0.4, -0.2) is 47.8 Å². The Morgan fingerprint density at radius 2 is 1.86 bits per heavy atom. The van der Waals surface area contributed by atoms with E-state index in [1.807, 2.05) is 0 Å². The van der Waals surface area contributed by atoms with Gasteiger partial charge in [0.25, 0.3) is 5.78 Å². The molecular formula is C15H19NO6. The van der Waals surface area contributed by atoms with Gasteiger partial charge in [-0.05, 0) is 25.5 Å². The monoisotopic (exact) mass is 309 g/mol. The molecule has 0 spiro atoms. The molecule has 1 amide bonds. The van der Waals surface area contributed by atoms with E-state index in [1.165, 1.54) is 24.1 Å². The third-order valence-electron chi connectivity index (χ3n) is 2.92. The average molecular weight is 309 g/mol. The lowest BCUT2D eigenvalue weighted by atomic mass is 10.1. The zero-order valence-corrected chi connectivity index (χ0v) is 12.8. The summed E-state index contributed by atoms with van der Waals surface area (Å²) >= 11 is 0. The van der Waals surface area contributed by atoms with E-state index >= 15 is 0 Å². The minimum Gasteiger partial charge on any atom is -0.464 e. The van der Waals surface area contributed by atoms with Crippen molar-refractivity contribution in [2.75, 3.05) is 13.2 Å². The smallest absolute Gasteiger partial charge is 0.379 e. The van der Waals surface area contributed by atoms with Gasteiger partial charge in [0.1, 0.15) is 6.04 Å². The quantitative estimate of drug-likeness (QED) is 0.408. The maximum Gasteiger partial charge on any atom is 0.379 e. The van der Waals surface area contributed by atoms with Crippen LogP contribution in [0.1, 0.15) is 27.2 Å². The Kier molecular flexibility index (Phi) is 6.49. The fourth-order valence-corrected chi connectivity index (χ4v) is 1.95. The van der Waals surface area contributed by atoms with Crippen LogP contribution in [0, 0.1) is 0 Å². The van der Waals surface area contributed by atoms with Crippen LogP contribution < -0.4 is 0 Å². The molecule has 0 aromatic rings. The number of hydrogen-bond donors (Lipinski definition) is 0. The van der Waals surface area contributed by atoms with E-state index < -0.39 is 23.8 Å². The number of carbonyl (C=O) groups is 4. The molecule has 0 saturated carbocycles. The van der Waals surface area contributed by atoms with Crippen molar-refractivity contribution in [2.45, 2.75) is 33.2 Å². The predicted molar refractivity (Wildman–Crippen MR) is 76.4 cm³/mol. The van der Waals surface area contributed by atoms with Crippen LogP contribution in [0.25, 0.3) is 0 Å². The van der Waals surface area contributed by atoms with Crippen LogP contribution in [0.2, 0.25) is 0 Å². The van der Waals surface area contributed by atoms with Crippen LogP contribution in [-0.2, 0) is 28.7 Å². The Bertz CT molecular complexity index is 534. The van der Waals surface area contributed by atoms with Gasteiger partial charge < -0.3 is 14.4 Å². The highest BCUT2D eigenvalue weighted by Crippen LogP contribution is 2.24. The second kappa shape index (κ2) is 8.11. The minimum atomic E-state index is -0.942. The first-order valence-corrected chi connectivity index (χ1v) is 6.96. The molecular weight excluding hydrogens is 290 g/mol. The molecule has 0 aromatic heterocycles. The number of ether oxygens (including phenoxy) is 2. The summed E-state index contributed by atoms with van der Waals surface area (Å²) in [6, 6.07) is -0.741. The lowest BCUT2D eigenvalue weighted by Gasteiger charge is -2.20.